The van der Waals surface area contributed by atoms with E-state index in [0.29, 0.717) is 24.4 Å². The molecule has 0 unspecified atom stereocenters. The number of methoxy groups -OCH3 is 2. The average molecular weight is 332 g/mol. The van der Waals surface area contributed by atoms with Gasteiger partial charge < -0.3 is 25.0 Å². The number of ether oxygens (including phenoxy) is 2. The lowest BCUT2D eigenvalue weighted by Crippen LogP contribution is -2.21. The van der Waals surface area contributed by atoms with Gasteiger partial charge in [0.15, 0.2) is 0 Å². The second-order valence-corrected chi connectivity index (χ2v) is 5.29. The third-order valence-corrected chi connectivity index (χ3v) is 3.56. The molecule has 0 fully saturated rings. The van der Waals surface area contributed by atoms with Crippen molar-refractivity contribution in [1.29, 1.82) is 0 Å². The highest BCUT2D eigenvalue weighted by atomic mass is 16.5. The van der Waals surface area contributed by atoms with Gasteiger partial charge in [-0.25, -0.2) is 0 Å². The molecule has 0 atom stereocenters. The summed E-state index contributed by atoms with van der Waals surface area (Å²) >= 11 is 0. The summed E-state index contributed by atoms with van der Waals surface area (Å²) in [6.07, 6.45) is 0. The van der Waals surface area contributed by atoms with Crippen LogP contribution in [0, 0.1) is 6.92 Å². The number of nitrogens with one attached hydrogen (secondary N) is 2. The number of aromatic nitrogens is 3. The summed E-state index contributed by atoms with van der Waals surface area (Å²) in [6.45, 7) is 2.53. The summed E-state index contributed by atoms with van der Waals surface area (Å²) in [7, 11) is 8.75. The van der Waals surface area contributed by atoms with E-state index in [2.05, 4.69) is 25.6 Å². The topological polar surface area (TPSA) is 84.4 Å². The minimum atomic E-state index is 0.499. The predicted octanol–water partition coefficient (Wildman–Crippen LogP) is 1.92. The lowest BCUT2D eigenvalue weighted by Gasteiger charge is -2.21. The molecule has 0 saturated carbocycles. The van der Waals surface area contributed by atoms with Crippen LogP contribution in [-0.4, -0.2) is 50.3 Å². The molecule has 8 heteroatoms. The summed E-state index contributed by atoms with van der Waals surface area (Å²) < 4.78 is 11.0. The fraction of sp³-hybridized carbons (Fsp3) is 0.438. The molecule has 0 radical (unpaired) electrons. The van der Waals surface area contributed by atoms with Crippen LogP contribution in [0.1, 0.15) is 11.1 Å². The summed E-state index contributed by atoms with van der Waals surface area (Å²) in [6, 6.07) is 3.97. The monoisotopic (exact) mass is 332 g/mol. The Morgan fingerprint density at radius 3 is 1.88 bits per heavy atom. The fourth-order valence-electron chi connectivity index (χ4n) is 2.34. The lowest BCUT2D eigenvalue weighted by molar-refractivity contribution is 0.384. The zero-order valence-electron chi connectivity index (χ0n) is 15.0. The molecular weight excluding hydrogens is 308 g/mol. The first-order valence-corrected chi connectivity index (χ1v) is 7.56. The van der Waals surface area contributed by atoms with Crippen molar-refractivity contribution in [2.75, 3.05) is 50.9 Å². The van der Waals surface area contributed by atoms with Crippen LogP contribution in [-0.2, 0) is 6.54 Å². The molecule has 0 amide bonds. The molecule has 0 bridgehead atoms. The molecule has 1 heterocycles. The van der Waals surface area contributed by atoms with E-state index in [4.69, 9.17) is 9.47 Å². The molecule has 0 spiro atoms. The van der Waals surface area contributed by atoms with Crippen LogP contribution >= 0.6 is 0 Å². The highest BCUT2D eigenvalue weighted by molar-refractivity contribution is 5.51. The summed E-state index contributed by atoms with van der Waals surface area (Å²) in [5, 5.41) is 5.87. The van der Waals surface area contributed by atoms with Gasteiger partial charge in [0.1, 0.15) is 11.5 Å². The van der Waals surface area contributed by atoms with Crippen molar-refractivity contribution >= 4 is 17.8 Å². The van der Waals surface area contributed by atoms with Gasteiger partial charge >= 0.3 is 0 Å². The van der Waals surface area contributed by atoms with Crippen LogP contribution in [0.2, 0.25) is 0 Å². The van der Waals surface area contributed by atoms with Crippen LogP contribution < -0.4 is 25.0 Å². The van der Waals surface area contributed by atoms with E-state index in [9.17, 15) is 0 Å². The zero-order valence-corrected chi connectivity index (χ0v) is 15.0. The molecular formula is C16H24N6O2. The van der Waals surface area contributed by atoms with Gasteiger partial charge in [-0.1, -0.05) is 0 Å². The van der Waals surface area contributed by atoms with Crippen molar-refractivity contribution in [3.8, 4) is 11.5 Å². The number of aryl methyl sites for hydroxylation is 1. The molecule has 2 N–H and O–H groups in total. The Bertz CT molecular complexity index is 660. The predicted molar refractivity (Wildman–Crippen MR) is 95.3 cm³/mol. The summed E-state index contributed by atoms with van der Waals surface area (Å²) in [5.74, 6) is 3.09. The van der Waals surface area contributed by atoms with Gasteiger partial charge in [-0.05, 0) is 24.6 Å². The number of anilines is 3. The average Bonchev–Trinajstić information content (AvgIpc) is 2.61. The van der Waals surface area contributed by atoms with Crippen molar-refractivity contribution in [3.63, 3.8) is 0 Å². The van der Waals surface area contributed by atoms with Crippen molar-refractivity contribution in [2.24, 2.45) is 0 Å². The van der Waals surface area contributed by atoms with Crippen molar-refractivity contribution in [3.05, 3.63) is 23.3 Å². The van der Waals surface area contributed by atoms with Crippen molar-refractivity contribution in [1.82, 2.24) is 15.0 Å². The number of hydrogen-bond donors (Lipinski definition) is 2. The van der Waals surface area contributed by atoms with E-state index < -0.39 is 0 Å². The highest BCUT2D eigenvalue weighted by Crippen LogP contribution is 2.32. The van der Waals surface area contributed by atoms with Crippen LogP contribution in [0.15, 0.2) is 12.1 Å². The summed E-state index contributed by atoms with van der Waals surface area (Å²) in [4.78, 5) is 14.9. The minimum absolute atomic E-state index is 0.499. The van der Waals surface area contributed by atoms with E-state index in [1.54, 1.807) is 28.3 Å². The van der Waals surface area contributed by atoms with Crippen LogP contribution in [0.25, 0.3) is 0 Å². The maximum absolute atomic E-state index is 5.51. The Kier molecular flexibility index (Phi) is 5.62. The van der Waals surface area contributed by atoms with E-state index in [-0.39, 0.29) is 0 Å². The van der Waals surface area contributed by atoms with Crippen LogP contribution in [0.3, 0.4) is 0 Å². The van der Waals surface area contributed by atoms with Gasteiger partial charge in [-0.2, -0.15) is 15.0 Å². The smallest absolute Gasteiger partial charge is 0.232 e. The number of benzene rings is 1. The molecule has 2 aromatic rings. The van der Waals surface area contributed by atoms with Crippen LogP contribution in [0.5, 0.6) is 11.5 Å². The van der Waals surface area contributed by atoms with Crippen molar-refractivity contribution in [2.45, 2.75) is 13.5 Å². The Morgan fingerprint density at radius 1 is 0.958 bits per heavy atom. The molecule has 0 aliphatic carbocycles. The maximum atomic E-state index is 5.51. The normalized spacial score (nSPS) is 10.2. The largest absolute Gasteiger partial charge is 0.496 e. The fourth-order valence-corrected chi connectivity index (χ4v) is 2.34. The summed E-state index contributed by atoms with van der Waals surface area (Å²) in [5.41, 5.74) is 2.01. The number of rotatable bonds is 7. The Balaban J connectivity index is 2.38. The van der Waals surface area contributed by atoms with Gasteiger partial charge in [0.25, 0.3) is 0 Å². The quantitative estimate of drug-likeness (QED) is 0.795. The van der Waals surface area contributed by atoms with E-state index in [0.717, 1.165) is 22.6 Å². The first-order valence-electron chi connectivity index (χ1n) is 7.56. The van der Waals surface area contributed by atoms with E-state index >= 15 is 0 Å². The first kappa shape index (κ1) is 17.6. The molecule has 1 aromatic carbocycles. The molecule has 0 aliphatic rings. The van der Waals surface area contributed by atoms with Gasteiger partial charge in [0, 0.05) is 21.1 Å². The second kappa shape index (κ2) is 7.67. The second-order valence-electron chi connectivity index (χ2n) is 5.29. The molecule has 2 rings (SSSR count). The molecule has 1 aromatic heterocycles. The van der Waals surface area contributed by atoms with Gasteiger partial charge in [0.2, 0.25) is 17.8 Å². The Labute approximate surface area is 142 Å². The Hall–Kier alpha value is -2.77. The standard InChI is InChI=1S/C16H24N6O2/c1-10-7-12(23-5)11(13(8-10)24-6)9-22(4)16-20-14(17-2)19-15(18-3)21-16/h7-8H,9H2,1-6H3,(H2,17,18,19,20,21). The molecule has 24 heavy (non-hydrogen) atoms. The SMILES string of the molecule is CNc1nc(NC)nc(N(C)Cc2c(OC)cc(C)cc2OC)n1. The molecule has 0 saturated heterocycles. The molecule has 8 nitrogen and oxygen atoms in total. The third kappa shape index (κ3) is 3.76. The third-order valence-electron chi connectivity index (χ3n) is 3.56. The van der Waals surface area contributed by atoms with Crippen molar-refractivity contribution < 1.29 is 9.47 Å². The number of hydrogen-bond acceptors (Lipinski definition) is 8. The lowest BCUT2D eigenvalue weighted by atomic mass is 10.1. The molecule has 130 valence electrons. The van der Waals surface area contributed by atoms with Gasteiger partial charge in [-0.15, -0.1) is 0 Å². The van der Waals surface area contributed by atoms with Crippen LogP contribution in [0.4, 0.5) is 17.8 Å². The Morgan fingerprint density at radius 2 is 1.46 bits per heavy atom. The first-order chi connectivity index (χ1) is 11.5. The number of nitrogens with zero attached hydrogens (tertiary/aromatic N) is 4. The maximum Gasteiger partial charge on any atom is 0.232 e. The van der Waals surface area contributed by atoms with Gasteiger partial charge in [-0.3, -0.25) is 0 Å². The molecule has 0 aliphatic heterocycles. The van der Waals surface area contributed by atoms with Gasteiger partial charge in [0.05, 0.1) is 26.3 Å². The van der Waals surface area contributed by atoms with E-state index in [1.165, 1.54) is 0 Å². The van der Waals surface area contributed by atoms with E-state index in [1.807, 2.05) is 31.0 Å². The minimum Gasteiger partial charge on any atom is -0.496 e. The zero-order chi connectivity index (χ0) is 17.7. The highest BCUT2D eigenvalue weighted by Gasteiger charge is 2.16.